The predicted molar refractivity (Wildman–Crippen MR) is 408 cm³/mol. The van der Waals surface area contributed by atoms with Crippen LogP contribution in [0, 0.1) is 35.5 Å². The van der Waals surface area contributed by atoms with E-state index < -0.39 is 114 Å². The summed E-state index contributed by atoms with van der Waals surface area (Å²) < 4.78 is 124. The van der Waals surface area contributed by atoms with Gasteiger partial charge in [0.1, 0.15) is 11.9 Å². The second kappa shape index (κ2) is 53.4. The Hall–Kier alpha value is -8.10. The molecule has 36 heteroatoms. The third kappa shape index (κ3) is 38.7. The Labute approximate surface area is 677 Å². The summed E-state index contributed by atoms with van der Waals surface area (Å²) in [6.45, 7) is 7.59. The monoisotopic (exact) mass is 1670 g/mol. The van der Waals surface area contributed by atoms with Crippen molar-refractivity contribution in [3.63, 3.8) is 0 Å². The van der Waals surface area contributed by atoms with Gasteiger partial charge in [0.2, 0.25) is 23.6 Å². The first-order valence-electron chi connectivity index (χ1n) is 40.4. The van der Waals surface area contributed by atoms with Gasteiger partial charge in [0.25, 0.3) is 5.91 Å². The second-order valence-electron chi connectivity index (χ2n) is 29.6. The highest BCUT2D eigenvalue weighted by atomic mass is 19.4. The van der Waals surface area contributed by atoms with Gasteiger partial charge in [-0.25, -0.2) is 0 Å². The van der Waals surface area contributed by atoms with E-state index in [0.717, 1.165) is 51.1 Å². The summed E-state index contributed by atoms with van der Waals surface area (Å²) in [7, 11) is 0. The molecular weight excluding hydrogens is 1550 g/mol. The van der Waals surface area contributed by atoms with Crippen LogP contribution in [0.5, 0.6) is 0 Å². The average Bonchev–Trinajstić information content (AvgIpc) is 1.74. The Kier molecular flexibility index (Phi) is 45.4. The molecule has 5 rings (SSSR count). The fourth-order valence-electron chi connectivity index (χ4n) is 13.7. The number of nitrogens with one attached hydrogen (secondary N) is 5. The van der Waals surface area contributed by atoms with Gasteiger partial charge >= 0.3 is 42.1 Å². The Bertz CT molecular complexity index is 3490. The van der Waals surface area contributed by atoms with E-state index in [1.165, 1.54) is 0 Å². The molecule has 9 unspecified atom stereocenters. The average molecular weight is 1670 g/mol. The molecule has 8 N–H and O–H groups in total. The van der Waals surface area contributed by atoms with Crippen LogP contribution in [0.25, 0.3) is 0 Å². The SMILES string of the molecule is CCC(CC(CC(CC(C)c1ccc2c(c1)CCc1ccc(C(C)CC(CC(CC(CC)C(=O)NCCOCCOCCNC(=O)C(F)(F)F)C(=O)O)C(=O)CNC(=O)CCOCCOCCOCCOCCCC(=O)CCN3C(=O)CC(OC4CC4)C3=O)cc1CC2)C(=O)NCCOCCOCCNC(=O)C(F)(F)F)C(=O)O)C(=O)O. The number of likely N-dealkylation sites (tertiary alicyclic amines) is 1. The smallest absolute Gasteiger partial charge is 0.471 e. The first-order valence-corrected chi connectivity index (χ1v) is 40.4. The number of hydrogen-bond acceptors (Lipinski definition) is 21. The van der Waals surface area contributed by atoms with Gasteiger partial charge in [-0.3, -0.25) is 62.4 Å². The summed E-state index contributed by atoms with van der Waals surface area (Å²) in [5.74, 6) is -16.8. The number of imide groups is 1. The van der Waals surface area contributed by atoms with Crippen LogP contribution in [0.1, 0.15) is 169 Å². The van der Waals surface area contributed by atoms with E-state index in [9.17, 15) is 99.2 Å². The lowest BCUT2D eigenvalue weighted by Crippen LogP contribution is -2.38. The number of ketones is 2. The number of alkyl halides is 6. The highest BCUT2D eigenvalue weighted by Gasteiger charge is 2.43. The van der Waals surface area contributed by atoms with Gasteiger partial charge in [-0.2, -0.15) is 26.3 Å². The Morgan fingerprint density at radius 1 is 0.453 bits per heavy atom. The number of halogens is 6. The van der Waals surface area contributed by atoms with Crippen molar-refractivity contribution in [2.75, 3.05) is 145 Å². The maximum Gasteiger partial charge on any atom is 0.471 e. The minimum Gasteiger partial charge on any atom is -0.481 e. The minimum atomic E-state index is -5.02. The zero-order chi connectivity index (χ0) is 85.9. The summed E-state index contributed by atoms with van der Waals surface area (Å²) in [5, 5.41) is 42.5. The van der Waals surface area contributed by atoms with Gasteiger partial charge in [-0.1, -0.05) is 64.1 Å². The molecule has 1 saturated heterocycles. The molecule has 658 valence electrons. The fourth-order valence-corrected chi connectivity index (χ4v) is 13.7. The maximum atomic E-state index is 14.4. The molecule has 1 saturated carbocycles. The molecule has 3 aliphatic rings. The van der Waals surface area contributed by atoms with Crippen molar-refractivity contribution in [2.24, 2.45) is 35.5 Å². The van der Waals surface area contributed by atoms with E-state index in [4.69, 9.17) is 42.6 Å². The number of Topliss-reactive ketones (excluding diaryl/α,β-unsaturated/α-hetero) is 2. The molecule has 1 aliphatic heterocycles. The standard InChI is InChI=1S/C81H118F6N6O24/c1-5-54(72(98)88-21-28-111-34-36-113-30-23-90-78(107)80(82,83)84)44-64(76(103)104)48-62(68(95)51-92-70(96)20-27-110-33-39-116-41-40-115-38-32-109-26-7-8-66(94)19-25-93-71(97)50-69(74(93)100)117-67-17-18-67)42-52(3)58-13-9-56-12-16-61-47-59(14-10-57(61)11-15-60(56)46-58)53(4)43-63(49-65(77(105)106)45-55(6-2)75(101)102)73(99)89-22-29-112-35-37-114-31-24-91-79(108)81(85,86)87/h9-10,13-14,46-47,52-55,62-65,67,69H,5-8,11-12,15-45,48-51H2,1-4H3,(H,88,98)(H,89,99)(H,90,107)(H,91,108)(H,92,96)(H,101,102)(H,103,104)(H,105,106). The van der Waals surface area contributed by atoms with Crippen LogP contribution in [0.15, 0.2) is 36.4 Å². The topological polar surface area (TPSA) is 412 Å². The Morgan fingerprint density at radius 2 is 0.846 bits per heavy atom. The molecule has 2 aromatic carbocycles. The normalized spacial score (nSPS) is 16.4. The van der Waals surface area contributed by atoms with E-state index in [1.807, 2.05) is 38.1 Å². The maximum absolute atomic E-state index is 14.4. The number of aliphatic carboxylic acids is 3. The van der Waals surface area contributed by atoms with Crippen LogP contribution < -0.4 is 26.6 Å². The van der Waals surface area contributed by atoms with Gasteiger partial charge < -0.3 is 84.5 Å². The van der Waals surface area contributed by atoms with Crippen LogP contribution in [0.3, 0.4) is 0 Å². The van der Waals surface area contributed by atoms with Crippen LogP contribution >= 0.6 is 0 Å². The van der Waals surface area contributed by atoms with Crippen molar-refractivity contribution in [1.82, 2.24) is 31.5 Å². The molecule has 0 radical (unpaired) electrons. The number of amides is 7. The minimum absolute atomic E-state index is 0.00238. The third-order valence-electron chi connectivity index (χ3n) is 20.6. The van der Waals surface area contributed by atoms with Crippen LogP contribution in [-0.4, -0.2) is 261 Å². The number of fused-ring (bicyclic) bond motifs is 2. The summed E-state index contributed by atoms with van der Waals surface area (Å²) in [6.07, 6.45) is -5.49. The molecule has 2 aliphatic carbocycles. The van der Waals surface area contributed by atoms with E-state index in [2.05, 4.69) is 28.1 Å². The molecule has 2 aromatic rings. The number of carboxylic acids is 3. The number of carbonyl (C=O) groups is 12. The molecule has 0 aromatic heterocycles. The Balaban J connectivity index is 1.13. The van der Waals surface area contributed by atoms with Crippen molar-refractivity contribution in [2.45, 2.75) is 186 Å². The number of hydrogen-bond donors (Lipinski definition) is 8. The molecule has 30 nitrogen and oxygen atoms in total. The lowest BCUT2D eigenvalue weighted by atomic mass is 9.78. The van der Waals surface area contributed by atoms with Crippen LogP contribution in [0.2, 0.25) is 0 Å². The second-order valence-corrected chi connectivity index (χ2v) is 29.6. The number of ether oxygens (including phenoxy) is 9. The lowest BCUT2D eigenvalue weighted by Gasteiger charge is -2.26. The van der Waals surface area contributed by atoms with Crippen molar-refractivity contribution in [3.8, 4) is 0 Å². The summed E-state index contributed by atoms with van der Waals surface area (Å²) in [6, 6.07) is 12.3. The number of carboxylic acid groups (broad SMARTS) is 3. The van der Waals surface area contributed by atoms with Crippen molar-refractivity contribution < 1.29 is 142 Å². The van der Waals surface area contributed by atoms with Crippen molar-refractivity contribution in [1.29, 1.82) is 0 Å². The number of carbonyl (C=O) groups excluding carboxylic acids is 9. The molecule has 0 bridgehead atoms. The van der Waals surface area contributed by atoms with Gasteiger partial charge in [0.15, 0.2) is 5.78 Å². The van der Waals surface area contributed by atoms with Gasteiger partial charge in [0, 0.05) is 76.3 Å². The first kappa shape index (κ1) is 99.5. The largest absolute Gasteiger partial charge is 0.481 e. The summed E-state index contributed by atoms with van der Waals surface area (Å²) in [4.78, 5) is 153. The first-order chi connectivity index (χ1) is 55.8. The van der Waals surface area contributed by atoms with E-state index in [1.54, 1.807) is 24.5 Å². The zero-order valence-corrected chi connectivity index (χ0v) is 67.4. The number of aryl methyl sites for hydroxylation is 4. The molecular formula is C81H118F6N6O24. The van der Waals surface area contributed by atoms with Gasteiger partial charge in [-0.05, 0) is 142 Å². The quantitative estimate of drug-likeness (QED) is 0.0193. The molecule has 2 fully saturated rings. The molecule has 1 heterocycles. The third-order valence-corrected chi connectivity index (χ3v) is 20.6. The number of rotatable bonds is 63. The van der Waals surface area contributed by atoms with E-state index >= 15 is 0 Å². The molecule has 7 amide bonds. The van der Waals surface area contributed by atoms with Gasteiger partial charge in [-0.15, -0.1) is 0 Å². The molecule has 9 atom stereocenters. The molecule has 0 spiro atoms. The highest BCUT2D eigenvalue weighted by molar-refractivity contribution is 6.05. The van der Waals surface area contributed by atoms with E-state index in [0.29, 0.717) is 45.3 Å². The van der Waals surface area contributed by atoms with Crippen molar-refractivity contribution >= 4 is 70.8 Å². The number of benzene rings is 2. The fraction of sp³-hybridized carbons (Fsp3) is 0.704. The number of nitrogens with zero attached hydrogens (tertiary/aromatic N) is 1. The zero-order valence-electron chi connectivity index (χ0n) is 67.4. The Morgan fingerprint density at radius 3 is 1.29 bits per heavy atom. The summed E-state index contributed by atoms with van der Waals surface area (Å²) in [5.41, 5.74) is 6.15. The van der Waals surface area contributed by atoms with Crippen molar-refractivity contribution in [3.05, 3.63) is 69.8 Å². The summed E-state index contributed by atoms with van der Waals surface area (Å²) >= 11 is 0. The van der Waals surface area contributed by atoms with Gasteiger partial charge in [0.05, 0.1) is 136 Å². The lowest BCUT2D eigenvalue weighted by molar-refractivity contribution is -0.173. The van der Waals surface area contributed by atoms with Crippen LogP contribution in [0.4, 0.5) is 26.3 Å². The van der Waals surface area contributed by atoms with Crippen LogP contribution in [-0.2, 0) is 126 Å². The molecule has 117 heavy (non-hydrogen) atoms. The predicted octanol–water partition coefficient (Wildman–Crippen LogP) is 6.73. The van der Waals surface area contributed by atoms with E-state index in [-0.39, 0.29) is 238 Å². The highest BCUT2D eigenvalue weighted by Crippen LogP contribution is 2.36.